The lowest BCUT2D eigenvalue weighted by Gasteiger charge is -2.10. The number of halogens is 2. The lowest BCUT2D eigenvalue weighted by Crippen LogP contribution is -2.15. The van der Waals surface area contributed by atoms with Gasteiger partial charge in [-0.2, -0.15) is 0 Å². The zero-order valence-electron chi connectivity index (χ0n) is 14.9. The molecule has 0 radical (unpaired) electrons. The number of rotatable bonds is 6. The van der Waals surface area contributed by atoms with Crippen molar-refractivity contribution in [2.75, 3.05) is 11.1 Å². The molecule has 146 valence electrons. The van der Waals surface area contributed by atoms with Crippen molar-refractivity contribution in [3.8, 4) is 16.4 Å². The highest BCUT2D eigenvalue weighted by Crippen LogP contribution is 2.31. The number of hydrogen-bond acceptors (Lipinski definition) is 5. The number of nitrogens with zero attached hydrogens (tertiary/aromatic N) is 3. The first kappa shape index (κ1) is 19.6. The van der Waals surface area contributed by atoms with Gasteiger partial charge in [0.2, 0.25) is 5.91 Å². The van der Waals surface area contributed by atoms with Crippen LogP contribution in [-0.2, 0) is 4.79 Å². The SMILES string of the molecule is O=C(CSc1nnc(-c2cccs2)n1-c1ccc(Cl)cc1)Nc1ccccc1F. The number of thioether (sulfide) groups is 1. The van der Waals surface area contributed by atoms with Crippen LogP contribution < -0.4 is 5.32 Å². The quantitative estimate of drug-likeness (QED) is 0.398. The van der Waals surface area contributed by atoms with Crippen molar-refractivity contribution in [2.24, 2.45) is 0 Å². The van der Waals surface area contributed by atoms with E-state index in [1.807, 2.05) is 34.2 Å². The molecule has 2 aromatic heterocycles. The van der Waals surface area contributed by atoms with E-state index in [2.05, 4.69) is 15.5 Å². The molecule has 0 spiro atoms. The molecule has 0 saturated heterocycles. The number of benzene rings is 2. The van der Waals surface area contributed by atoms with E-state index in [9.17, 15) is 9.18 Å². The van der Waals surface area contributed by atoms with Crippen molar-refractivity contribution in [1.82, 2.24) is 14.8 Å². The fourth-order valence-corrected chi connectivity index (χ4v) is 4.21. The van der Waals surface area contributed by atoms with Gasteiger partial charge in [-0.1, -0.05) is 41.6 Å². The third-order valence-corrected chi connectivity index (χ3v) is 5.99. The summed E-state index contributed by atoms with van der Waals surface area (Å²) in [7, 11) is 0. The van der Waals surface area contributed by atoms with Crippen molar-refractivity contribution < 1.29 is 9.18 Å². The second-order valence-corrected chi connectivity index (χ2v) is 8.24. The van der Waals surface area contributed by atoms with Gasteiger partial charge in [0.25, 0.3) is 0 Å². The molecule has 2 aromatic carbocycles. The van der Waals surface area contributed by atoms with Gasteiger partial charge in [0, 0.05) is 10.7 Å². The van der Waals surface area contributed by atoms with E-state index in [4.69, 9.17) is 11.6 Å². The minimum absolute atomic E-state index is 0.0600. The van der Waals surface area contributed by atoms with Gasteiger partial charge in [0.1, 0.15) is 5.82 Å². The van der Waals surface area contributed by atoms with Crippen molar-refractivity contribution >= 4 is 46.3 Å². The highest BCUT2D eigenvalue weighted by Gasteiger charge is 2.18. The molecular formula is C20H14ClFN4OS2. The van der Waals surface area contributed by atoms with Crippen LogP contribution in [0, 0.1) is 5.82 Å². The number of thiophene rings is 1. The molecule has 1 amide bonds. The molecule has 0 bridgehead atoms. The van der Waals surface area contributed by atoms with Crippen LogP contribution in [0.2, 0.25) is 5.02 Å². The first-order valence-electron chi connectivity index (χ1n) is 8.54. The van der Waals surface area contributed by atoms with Crippen LogP contribution in [-0.4, -0.2) is 26.4 Å². The zero-order valence-corrected chi connectivity index (χ0v) is 17.3. The van der Waals surface area contributed by atoms with Crippen LogP contribution in [0.25, 0.3) is 16.4 Å². The van der Waals surface area contributed by atoms with E-state index in [1.54, 1.807) is 35.6 Å². The molecule has 0 atom stereocenters. The number of amides is 1. The Morgan fingerprint density at radius 2 is 1.90 bits per heavy atom. The molecule has 0 aliphatic rings. The summed E-state index contributed by atoms with van der Waals surface area (Å²) in [5, 5.41) is 14.3. The normalized spacial score (nSPS) is 10.8. The van der Waals surface area contributed by atoms with Gasteiger partial charge in [-0.15, -0.1) is 21.5 Å². The Labute approximate surface area is 179 Å². The lowest BCUT2D eigenvalue weighted by molar-refractivity contribution is -0.113. The maximum atomic E-state index is 13.7. The summed E-state index contributed by atoms with van der Waals surface area (Å²) in [6, 6.07) is 17.3. The topological polar surface area (TPSA) is 59.8 Å². The summed E-state index contributed by atoms with van der Waals surface area (Å²) in [6.07, 6.45) is 0. The molecule has 5 nitrogen and oxygen atoms in total. The monoisotopic (exact) mass is 444 g/mol. The average molecular weight is 445 g/mol. The van der Waals surface area contributed by atoms with Gasteiger partial charge < -0.3 is 5.32 Å². The fraction of sp³-hybridized carbons (Fsp3) is 0.0500. The molecule has 9 heteroatoms. The summed E-state index contributed by atoms with van der Waals surface area (Å²) < 4.78 is 15.6. The van der Waals surface area contributed by atoms with Crippen molar-refractivity contribution in [3.05, 3.63) is 76.9 Å². The van der Waals surface area contributed by atoms with E-state index >= 15 is 0 Å². The second kappa shape index (κ2) is 8.77. The van der Waals surface area contributed by atoms with Gasteiger partial charge in [0.15, 0.2) is 11.0 Å². The fourth-order valence-electron chi connectivity index (χ4n) is 2.63. The number of para-hydroxylation sites is 1. The maximum absolute atomic E-state index is 13.7. The van der Waals surface area contributed by atoms with Crippen LogP contribution in [0.3, 0.4) is 0 Å². The Bertz CT molecular complexity index is 1130. The predicted molar refractivity (Wildman–Crippen MR) is 115 cm³/mol. The Balaban J connectivity index is 1.58. The van der Waals surface area contributed by atoms with E-state index in [0.29, 0.717) is 16.0 Å². The number of aromatic nitrogens is 3. The Morgan fingerprint density at radius 1 is 1.10 bits per heavy atom. The van der Waals surface area contributed by atoms with E-state index < -0.39 is 5.82 Å². The van der Waals surface area contributed by atoms with Crippen LogP contribution >= 0.6 is 34.7 Å². The minimum Gasteiger partial charge on any atom is -0.323 e. The number of carbonyl (C=O) groups excluding carboxylic acids is 1. The summed E-state index contributed by atoms with van der Waals surface area (Å²) >= 11 is 8.79. The molecule has 0 unspecified atom stereocenters. The smallest absolute Gasteiger partial charge is 0.234 e. The Morgan fingerprint density at radius 3 is 2.62 bits per heavy atom. The maximum Gasteiger partial charge on any atom is 0.234 e. The summed E-state index contributed by atoms with van der Waals surface area (Å²) in [5.74, 6) is -0.0669. The van der Waals surface area contributed by atoms with E-state index in [-0.39, 0.29) is 17.3 Å². The second-order valence-electron chi connectivity index (χ2n) is 5.91. The van der Waals surface area contributed by atoms with Crippen LogP contribution in [0.15, 0.2) is 71.2 Å². The summed E-state index contributed by atoms with van der Waals surface area (Å²) in [6.45, 7) is 0. The first-order valence-corrected chi connectivity index (χ1v) is 10.8. The van der Waals surface area contributed by atoms with E-state index in [1.165, 1.54) is 23.9 Å². The van der Waals surface area contributed by atoms with Crippen LogP contribution in [0.5, 0.6) is 0 Å². The van der Waals surface area contributed by atoms with Gasteiger partial charge in [-0.3, -0.25) is 9.36 Å². The Kier molecular flexibility index (Phi) is 5.94. The largest absolute Gasteiger partial charge is 0.323 e. The molecule has 0 aliphatic heterocycles. The molecule has 0 aliphatic carbocycles. The van der Waals surface area contributed by atoms with E-state index in [0.717, 1.165) is 10.6 Å². The third kappa shape index (κ3) is 4.50. The van der Waals surface area contributed by atoms with Crippen LogP contribution in [0.1, 0.15) is 0 Å². The van der Waals surface area contributed by atoms with Gasteiger partial charge in [0.05, 0.1) is 16.3 Å². The Hall–Kier alpha value is -2.68. The molecule has 2 heterocycles. The van der Waals surface area contributed by atoms with Crippen molar-refractivity contribution in [2.45, 2.75) is 5.16 Å². The molecule has 1 N–H and O–H groups in total. The third-order valence-electron chi connectivity index (χ3n) is 3.94. The van der Waals surface area contributed by atoms with Gasteiger partial charge in [-0.25, -0.2) is 4.39 Å². The molecule has 29 heavy (non-hydrogen) atoms. The number of nitrogens with one attached hydrogen (secondary N) is 1. The first-order chi connectivity index (χ1) is 14.1. The number of anilines is 1. The van der Waals surface area contributed by atoms with Crippen molar-refractivity contribution in [1.29, 1.82) is 0 Å². The average Bonchev–Trinajstić information content (AvgIpc) is 3.38. The summed E-state index contributed by atoms with van der Waals surface area (Å²) in [5.41, 5.74) is 0.983. The van der Waals surface area contributed by atoms with Crippen LogP contribution in [0.4, 0.5) is 10.1 Å². The van der Waals surface area contributed by atoms with Gasteiger partial charge >= 0.3 is 0 Å². The lowest BCUT2D eigenvalue weighted by atomic mass is 10.3. The summed E-state index contributed by atoms with van der Waals surface area (Å²) in [4.78, 5) is 13.2. The zero-order chi connectivity index (χ0) is 20.2. The highest BCUT2D eigenvalue weighted by atomic mass is 35.5. The standard InChI is InChI=1S/C20H14ClFN4OS2/c21-13-7-9-14(10-8-13)26-19(17-6-3-11-28-17)24-25-20(26)29-12-18(27)23-16-5-2-1-4-15(16)22/h1-11H,12H2,(H,23,27). The molecule has 4 rings (SSSR count). The predicted octanol–water partition coefficient (Wildman–Crippen LogP) is 5.52. The molecule has 0 saturated carbocycles. The molecule has 4 aromatic rings. The minimum atomic E-state index is -0.477. The highest BCUT2D eigenvalue weighted by molar-refractivity contribution is 7.99. The number of hydrogen-bond donors (Lipinski definition) is 1. The molecular weight excluding hydrogens is 431 g/mol. The van der Waals surface area contributed by atoms with Gasteiger partial charge in [-0.05, 0) is 47.8 Å². The van der Waals surface area contributed by atoms with Crippen molar-refractivity contribution in [3.63, 3.8) is 0 Å². The molecule has 0 fully saturated rings. The number of carbonyl (C=O) groups is 1.